The molecule has 174 valence electrons. The summed E-state index contributed by atoms with van der Waals surface area (Å²) in [5.74, 6) is -3.96. The lowest BCUT2D eigenvalue weighted by Crippen LogP contribution is -2.37. The third kappa shape index (κ3) is 11.5. The summed E-state index contributed by atoms with van der Waals surface area (Å²) in [4.78, 5) is 40.8. The Balaban J connectivity index is 0.000000273. The Labute approximate surface area is 184 Å². The number of nitrogens with one attached hydrogen (secondary N) is 1. The summed E-state index contributed by atoms with van der Waals surface area (Å²) in [5.41, 5.74) is 1.33. The van der Waals surface area contributed by atoms with Gasteiger partial charge in [-0.1, -0.05) is 18.2 Å². The highest BCUT2D eigenvalue weighted by Gasteiger charge is 2.24. The minimum atomic E-state index is -1.26. The van der Waals surface area contributed by atoms with E-state index in [4.69, 9.17) is 25.2 Å². The second-order valence-electron chi connectivity index (χ2n) is 6.59. The van der Waals surface area contributed by atoms with Crippen molar-refractivity contribution < 1.29 is 44.3 Å². The third-order valence-electron chi connectivity index (χ3n) is 4.27. The molecule has 2 aliphatic rings. The molecule has 0 amide bonds. The number of carboxylic acid groups (broad SMARTS) is 4. The van der Waals surface area contributed by atoms with Gasteiger partial charge < -0.3 is 30.5 Å². The van der Waals surface area contributed by atoms with Gasteiger partial charge in [0.25, 0.3) is 0 Å². The van der Waals surface area contributed by atoms with Crippen LogP contribution in [0.5, 0.6) is 5.75 Å². The molecule has 5 N–H and O–H groups in total. The quantitative estimate of drug-likeness (QED) is 0.399. The van der Waals surface area contributed by atoms with Crippen LogP contribution in [0.4, 0.5) is 0 Å². The van der Waals surface area contributed by atoms with Gasteiger partial charge in [-0.15, -0.1) is 0 Å². The number of carboxylic acids is 4. The van der Waals surface area contributed by atoms with Crippen molar-refractivity contribution in [3.05, 3.63) is 54.1 Å². The van der Waals surface area contributed by atoms with E-state index in [1.54, 1.807) is 0 Å². The zero-order valence-corrected chi connectivity index (χ0v) is 17.2. The van der Waals surface area contributed by atoms with Crippen LogP contribution in [0.25, 0.3) is 0 Å². The Bertz CT molecular complexity index is 779. The van der Waals surface area contributed by atoms with E-state index in [2.05, 4.69) is 28.4 Å². The summed E-state index contributed by atoms with van der Waals surface area (Å²) in [5, 5.41) is 34.7. The molecule has 2 aliphatic heterocycles. The molecule has 1 unspecified atom stereocenters. The molecule has 2 heterocycles. The minimum absolute atomic E-state index is 0.558. The molecule has 1 aromatic carbocycles. The lowest BCUT2D eigenvalue weighted by Gasteiger charge is -2.25. The third-order valence-corrected chi connectivity index (χ3v) is 4.27. The molecule has 0 aliphatic carbocycles. The van der Waals surface area contributed by atoms with E-state index in [0.717, 1.165) is 38.5 Å². The van der Waals surface area contributed by atoms with E-state index in [0.29, 0.717) is 30.3 Å². The van der Waals surface area contributed by atoms with Crippen LogP contribution in [-0.4, -0.2) is 81.5 Å². The Morgan fingerprint density at radius 2 is 1.44 bits per heavy atom. The smallest absolute Gasteiger partial charge is 0.328 e. The molecule has 0 saturated carbocycles. The molecule has 1 fully saturated rings. The number of aliphatic carboxylic acids is 4. The zero-order chi connectivity index (χ0) is 23.9. The lowest BCUT2D eigenvalue weighted by molar-refractivity contribution is -0.134. The molecule has 11 nitrogen and oxygen atoms in total. The van der Waals surface area contributed by atoms with E-state index < -0.39 is 23.9 Å². The highest BCUT2D eigenvalue weighted by Crippen LogP contribution is 2.24. The fraction of sp³-hybridized carbons (Fsp3) is 0.333. The first-order valence-electron chi connectivity index (χ1n) is 9.62. The lowest BCUT2D eigenvalue weighted by atomic mass is 10.1. The molecule has 1 saturated heterocycles. The fourth-order valence-corrected chi connectivity index (χ4v) is 2.89. The van der Waals surface area contributed by atoms with Crippen molar-refractivity contribution in [1.82, 2.24) is 10.2 Å². The Kier molecular flexibility index (Phi) is 11.8. The van der Waals surface area contributed by atoms with Gasteiger partial charge in [-0.3, -0.25) is 4.90 Å². The SMILES string of the molecule is O=C(O)C=CC(=O)O.O=C(O)C=CC(=O)O.c1ccc2c(c1)CN(C1CCNC1)CCO2. The van der Waals surface area contributed by atoms with E-state index in [-0.39, 0.29) is 0 Å². The van der Waals surface area contributed by atoms with E-state index in [1.165, 1.54) is 12.0 Å². The van der Waals surface area contributed by atoms with Gasteiger partial charge in [-0.2, -0.15) is 0 Å². The van der Waals surface area contributed by atoms with Crippen molar-refractivity contribution in [1.29, 1.82) is 0 Å². The summed E-state index contributed by atoms with van der Waals surface area (Å²) in [6, 6.07) is 9.08. The molecule has 3 rings (SSSR count). The summed E-state index contributed by atoms with van der Waals surface area (Å²) >= 11 is 0. The molecule has 0 radical (unpaired) electrons. The molecule has 1 aromatic rings. The van der Waals surface area contributed by atoms with Crippen LogP contribution < -0.4 is 10.1 Å². The van der Waals surface area contributed by atoms with Gasteiger partial charge in [0.2, 0.25) is 0 Å². The zero-order valence-electron chi connectivity index (χ0n) is 17.2. The van der Waals surface area contributed by atoms with Gasteiger partial charge in [-0.05, 0) is 19.0 Å². The van der Waals surface area contributed by atoms with Crippen molar-refractivity contribution >= 4 is 23.9 Å². The van der Waals surface area contributed by atoms with Crippen molar-refractivity contribution in [3.8, 4) is 5.75 Å². The molecular formula is C21H26N2O9. The summed E-state index contributed by atoms with van der Waals surface area (Å²) in [6.07, 6.45) is 3.50. The largest absolute Gasteiger partial charge is 0.492 e. The maximum atomic E-state index is 9.55. The maximum absolute atomic E-state index is 9.55. The van der Waals surface area contributed by atoms with Crippen molar-refractivity contribution in [3.63, 3.8) is 0 Å². The van der Waals surface area contributed by atoms with Crippen molar-refractivity contribution in [2.45, 2.75) is 19.0 Å². The summed E-state index contributed by atoms with van der Waals surface area (Å²) in [7, 11) is 0. The van der Waals surface area contributed by atoms with Crippen LogP contribution in [0.15, 0.2) is 48.6 Å². The van der Waals surface area contributed by atoms with Crippen molar-refractivity contribution in [2.24, 2.45) is 0 Å². The summed E-state index contributed by atoms with van der Waals surface area (Å²) < 4.78 is 5.78. The highest BCUT2D eigenvalue weighted by molar-refractivity contribution is 5.90. The number of hydrogen-bond acceptors (Lipinski definition) is 7. The van der Waals surface area contributed by atoms with Crippen LogP contribution in [0.2, 0.25) is 0 Å². The maximum Gasteiger partial charge on any atom is 0.328 e. The van der Waals surface area contributed by atoms with Gasteiger partial charge in [0.1, 0.15) is 12.4 Å². The van der Waals surface area contributed by atoms with E-state index in [9.17, 15) is 19.2 Å². The standard InChI is InChI=1S/C13H18N2O.2C4H4O4/c1-2-4-13-11(3-1)10-15(7-8-16-13)12-5-6-14-9-12;2*5-3(6)1-2-4(7)8/h1-4,12,14H,5-10H2;2*1-2H,(H,5,6)(H,7,8). The van der Waals surface area contributed by atoms with Gasteiger partial charge >= 0.3 is 23.9 Å². The van der Waals surface area contributed by atoms with Gasteiger partial charge in [0.15, 0.2) is 0 Å². The fourth-order valence-electron chi connectivity index (χ4n) is 2.89. The second kappa shape index (κ2) is 14.3. The predicted octanol–water partition coefficient (Wildman–Crippen LogP) is 0.667. The van der Waals surface area contributed by atoms with Gasteiger partial charge in [-0.25, -0.2) is 19.2 Å². The number of carbonyl (C=O) groups is 4. The van der Waals surface area contributed by atoms with Gasteiger partial charge in [0.05, 0.1) is 0 Å². The number of para-hydroxylation sites is 1. The summed E-state index contributed by atoms with van der Waals surface area (Å²) in [6.45, 7) is 5.17. The Hall–Kier alpha value is -3.70. The van der Waals surface area contributed by atoms with Crippen LogP contribution in [0.3, 0.4) is 0 Å². The number of ether oxygens (including phenoxy) is 1. The first-order chi connectivity index (χ1) is 15.2. The molecule has 1 atom stereocenters. The first kappa shape index (κ1) is 26.3. The normalized spacial score (nSPS) is 17.7. The number of hydrogen-bond donors (Lipinski definition) is 5. The number of nitrogens with zero attached hydrogens (tertiary/aromatic N) is 1. The van der Waals surface area contributed by atoms with Crippen LogP contribution in [0, 0.1) is 0 Å². The average Bonchev–Trinajstić information content (AvgIpc) is 3.18. The van der Waals surface area contributed by atoms with Crippen molar-refractivity contribution in [2.75, 3.05) is 26.2 Å². The molecule has 32 heavy (non-hydrogen) atoms. The number of benzene rings is 1. The molecule has 0 aromatic heterocycles. The van der Waals surface area contributed by atoms with Gasteiger partial charge in [0, 0.05) is 55.5 Å². The molecule has 0 bridgehead atoms. The van der Waals surface area contributed by atoms with Crippen LogP contribution >= 0.6 is 0 Å². The monoisotopic (exact) mass is 450 g/mol. The topological polar surface area (TPSA) is 174 Å². The Morgan fingerprint density at radius 1 is 0.906 bits per heavy atom. The minimum Gasteiger partial charge on any atom is -0.492 e. The van der Waals surface area contributed by atoms with Crippen LogP contribution in [-0.2, 0) is 25.7 Å². The van der Waals surface area contributed by atoms with E-state index >= 15 is 0 Å². The number of fused-ring (bicyclic) bond motifs is 1. The van der Waals surface area contributed by atoms with E-state index in [1.807, 2.05) is 6.07 Å². The highest BCUT2D eigenvalue weighted by atomic mass is 16.5. The molecule has 0 spiro atoms. The molecule has 11 heteroatoms. The molecular weight excluding hydrogens is 424 g/mol. The van der Waals surface area contributed by atoms with Crippen LogP contribution in [0.1, 0.15) is 12.0 Å². The Morgan fingerprint density at radius 3 is 1.91 bits per heavy atom. The second-order valence-corrected chi connectivity index (χ2v) is 6.59. The average molecular weight is 450 g/mol. The number of rotatable bonds is 5. The first-order valence-corrected chi connectivity index (χ1v) is 9.62. The predicted molar refractivity (Wildman–Crippen MR) is 112 cm³/mol.